The van der Waals surface area contributed by atoms with Crippen LogP contribution in [0.15, 0.2) is 18.2 Å². The van der Waals surface area contributed by atoms with Gasteiger partial charge in [0.05, 0.1) is 22.8 Å². The molecular weight excluding hydrogens is 236 g/mol. The van der Waals surface area contributed by atoms with Gasteiger partial charge in [-0.25, -0.2) is 4.79 Å². The number of aromatic nitrogens is 2. The van der Waals surface area contributed by atoms with Gasteiger partial charge in [0, 0.05) is 17.9 Å². The van der Waals surface area contributed by atoms with E-state index in [-0.39, 0.29) is 16.6 Å². The van der Waals surface area contributed by atoms with Crippen molar-refractivity contribution in [1.29, 1.82) is 0 Å². The van der Waals surface area contributed by atoms with Crippen molar-refractivity contribution in [2.24, 2.45) is 0 Å². The minimum absolute atomic E-state index is 0.149. The minimum Gasteiger partial charge on any atom is -0.805 e. The van der Waals surface area contributed by atoms with E-state index in [1.165, 1.54) is 25.3 Å². The average molecular weight is 248 g/mol. The molecule has 0 aliphatic heterocycles. The summed E-state index contributed by atoms with van der Waals surface area (Å²) < 4.78 is 5.90. The van der Waals surface area contributed by atoms with Gasteiger partial charge in [0.1, 0.15) is 5.52 Å². The summed E-state index contributed by atoms with van der Waals surface area (Å²) in [5.41, 5.74) is 1.25. The van der Waals surface area contributed by atoms with E-state index < -0.39 is 5.97 Å². The maximum absolute atomic E-state index is 12.0. The number of hydrogen-bond donors (Lipinski definition) is 0. The van der Waals surface area contributed by atoms with Crippen LogP contribution < -0.4 is 4.43 Å². The number of ether oxygens (including phenoxy) is 1. The van der Waals surface area contributed by atoms with Crippen LogP contribution in [0.4, 0.5) is 0 Å². The summed E-state index contributed by atoms with van der Waals surface area (Å²) in [6, 6.07) is 4.25. The second kappa shape index (κ2) is 4.14. The Kier molecular flexibility index (Phi) is 2.78. The van der Waals surface area contributed by atoms with Gasteiger partial charge in [0.15, 0.2) is 0 Å². The highest BCUT2D eigenvalue weighted by atomic mass is 16.5. The zero-order valence-electron chi connectivity index (χ0n) is 10.3. The Hall–Kier alpha value is -2.37. The Labute approximate surface area is 103 Å². The standard InChI is InChI=1S/C12H12N2O4/c1-7-8(2)14(17)11-6-9(12(15)18-3)4-5-10(11)13(7)16/h4-6H,1-3H3. The Morgan fingerprint density at radius 1 is 1.39 bits per heavy atom. The first kappa shape index (κ1) is 12.1. The highest BCUT2D eigenvalue weighted by molar-refractivity contribution is 5.93. The fraction of sp³-hybridized carbons (Fsp3) is 0.250. The molecule has 0 saturated carbocycles. The van der Waals surface area contributed by atoms with Crippen molar-refractivity contribution < 1.29 is 14.0 Å². The fourth-order valence-corrected chi connectivity index (χ4v) is 1.76. The number of nitrogens with zero attached hydrogens (tertiary/aromatic N) is 2. The van der Waals surface area contributed by atoms with E-state index in [1.807, 2.05) is 0 Å². The first-order chi connectivity index (χ1) is 8.47. The molecule has 6 nitrogen and oxygen atoms in total. The van der Waals surface area contributed by atoms with Crippen molar-refractivity contribution >= 4 is 17.0 Å². The van der Waals surface area contributed by atoms with E-state index in [9.17, 15) is 14.9 Å². The maximum Gasteiger partial charge on any atom is 0.337 e. The Bertz CT molecular complexity index is 703. The maximum atomic E-state index is 12.0. The number of methoxy groups -OCH3 is 1. The molecule has 0 unspecified atom stereocenters. The molecule has 0 bridgehead atoms. The van der Waals surface area contributed by atoms with Crippen molar-refractivity contribution in [2.75, 3.05) is 7.11 Å². The van der Waals surface area contributed by atoms with Gasteiger partial charge in [-0.2, -0.15) is 0 Å². The number of carbonyl (C=O) groups excluding carboxylic acids is 1. The number of carbonyl (C=O) groups is 1. The van der Waals surface area contributed by atoms with E-state index in [0.29, 0.717) is 20.5 Å². The van der Waals surface area contributed by atoms with Crippen molar-refractivity contribution in [3.8, 4) is 0 Å². The Morgan fingerprint density at radius 2 is 2.06 bits per heavy atom. The average Bonchev–Trinajstić information content (AvgIpc) is 2.41. The first-order valence-electron chi connectivity index (χ1n) is 5.31. The predicted octanol–water partition coefficient (Wildman–Crippen LogP) is 1.31. The van der Waals surface area contributed by atoms with Crippen LogP contribution in [-0.4, -0.2) is 17.8 Å². The summed E-state index contributed by atoms with van der Waals surface area (Å²) in [6.07, 6.45) is 0. The molecule has 0 atom stereocenters. The highest BCUT2D eigenvalue weighted by Gasteiger charge is 2.17. The Balaban J connectivity index is 2.86. The van der Waals surface area contributed by atoms with Gasteiger partial charge in [-0.05, 0) is 19.1 Å². The Morgan fingerprint density at radius 3 is 2.67 bits per heavy atom. The topological polar surface area (TPSA) is 77.3 Å². The van der Waals surface area contributed by atoms with Crippen LogP contribution in [0, 0.1) is 24.0 Å². The summed E-state index contributed by atoms with van der Waals surface area (Å²) in [4.78, 5) is 23.3. The summed E-state index contributed by atoms with van der Waals surface area (Å²) >= 11 is 0. The lowest BCUT2D eigenvalue weighted by molar-refractivity contribution is -0.473. The van der Waals surface area contributed by atoms with E-state index in [2.05, 4.69) is 4.74 Å². The number of esters is 1. The zero-order chi connectivity index (χ0) is 13.4. The predicted molar refractivity (Wildman–Crippen MR) is 64.9 cm³/mol. The monoisotopic (exact) mass is 248 g/mol. The summed E-state index contributed by atoms with van der Waals surface area (Å²) in [7, 11) is 1.26. The molecule has 0 aliphatic carbocycles. The molecule has 0 aliphatic rings. The third-order valence-corrected chi connectivity index (χ3v) is 2.97. The van der Waals surface area contributed by atoms with Crippen LogP contribution >= 0.6 is 0 Å². The molecule has 1 aromatic heterocycles. The minimum atomic E-state index is -0.549. The molecule has 18 heavy (non-hydrogen) atoms. The lowest BCUT2D eigenvalue weighted by atomic mass is 10.2. The molecule has 0 spiro atoms. The summed E-state index contributed by atoms with van der Waals surface area (Å²) in [5, 5.41) is 12.0. The van der Waals surface area contributed by atoms with E-state index in [0.717, 1.165) is 0 Å². The van der Waals surface area contributed by atoms with Gasteiger partial charge in [-0.3, -0.25) is 0 Å². The van der Waals surface area contributed by atoms with Crippen molar-refractivity contribution in [3.63, 3.8) is 0 Å². The molecule has 0 N–H and O–H groups in total. The van der Waals surface area contributed by atoms with Crippen molar-refractivity contribution in [3.05, 3.63) is 45.3 Å². The van der Waals surface area contributed by atoms with Crippen LogP contribution in [0.5, 0.6) is 0 Å². The quantitative estimate of drug-likeness (QED) is 0.563. The van der Waals surface area contributed by atoms with Crippen molar-refractivity contribution in [1.82, 2.24) is 4.73 Å². The molecule has 6 heteroatoms. The van der Waals surface area contributed by atoms with Gasteiger partial charge in [-0.1, -0.05) is 0 Å². The second-order valence-electron chi connectivity index (χ2n) is 3.95. The molecule has 0 fully saturated rings. The van der Waals surface area contributed by atoms with Gasteiger partial charge in [0.2, 0.25) is 0 Å². The summed E-state index contributed by atoms with van der Waals surface area (Å²) in [5.74, 6) is -0.549. The van der Waals surface area contributed by atoms with Crippen molar-refractivity contribution in [2.45, 2.75) is 13.8 Å². The highest BCUT2D eigenvalue weighted by Crippen LogP contribution is 2.16. The van der Waals surface area contributed by atoms with Gasteiger partial charge in [-0.15, -0.1) is 0 Å². The van der Waals surface area contributed by atoms with Crippen LogP contribution in [0.2, 0.25) is 0 Å². The lowest BCUT2D eigenvalue weighted by Gasteiger charge is -2.15. The number of benzene rings is 1. The molecule has 94 valence electrons. The smallest absolute Gasteiger partial charge is 0.337 e. The van der Waals surface area contributed by atoms with Crippen LogP contribution in [-0.2, 0) is 4.74 Å². The first-order valence-corrected chi connectivity index (χ1v) is 5.31. The number of rotatable bonds is 1. The second-order valence-corrected chi connectivity index (χ2v) is 3.95. The SMILES string of the molecule is COC(=O)c1ccc2c(c1)n([O-])c(C)c(C)[n+]2=O. The van der Waals surface area contributed by atoms with Crippen LogP contribution in [0.3, 0.4) is 0 Å². The molecule has 2 aromatic rings. The van der Waals surface area contributed by atoms with E-state index >= 15 is 0 Å². The normalized spacial score (nSPS) is 10.6. The van der Waals surface area contributed by atoms with Crippen LogP contribution in [0.1, 0.15) is 21.7 Å². The fourth-order valence-electron chi connectivity index (χ4n) is 1.76. The lowest BCUT2D eigenvalue weighted by Crippen LogP contribution is -2.24. The molecule has 1 aromatic carbocycles. The van der Waals surface area contributed by atoms with E-state index in [4.69, 9.17) is 0 Å². The molecule has 0 amide bonds. The van der Waals surface area contributed by atoms with Gasteiger partial charge >= 0.3 is 5.97 Å². The van der Waals surface area contributed by atoms with E-state index in [1.54, 1.807) is 13.8 Å². The molecule has 2 rings (SSSR count). The number of fused-ring (bicyclic) bond motifs is 1. The zero-order valence-corrected chi connectivity index (χ0v) is 10.3. The third-order valence-electron chi connectivity index (χ3n) is 2.97. The van der Waals surface area contributed by atoms with Crippen LogP contribution in [0.25, 0.3) is 11.0 Å². The molecule has 0 radical (unpaired) electrons. The third kappa shape index (κ3) is 1.62. The van der Waals surface area contributed by atoms with Gasteiger partial charge < -0.3 is 14.7 Å². The largest absolute Gasteiger partial charge is 0.805 e. The number of hydrogen-bond acceptors (Lipinski definition) is 4. The molecule has 1 heterocycles. The molecule has 0 saturated heterocycles. The van der Waals surface area contributed by atoms with Gasteiger partial charge in [0.25, 0.3) is 11.2 Å². The summed E-state index contributed by atoms with van der Waals surface area (Å²) in [6.45, 7) is 3.13. The molecular formula is C12H12N2O4.